The van der Waals surface area contributed by atoms with Crippen molar-refractivity contribution in [3.05, 3.63) is 57.0 Å². The van der Waals surface area contributed by atoms with Gasteiger partial charge in [0.05, 0.1) is 18.7 Å². The first kappa shape index (κ1) is 22.9. The summed E-state index contributed by atoms with van der Waals surface area (Å²) < 4.78 is 11.5. The van der Waals surface area contributed by atoms with Crippen molar-refractivity contribution in [2.75, 3.05) is 21.3 Å². The van der Waals surface area contributed by atoms with Gasteiger partial charge in [0.25, 0.3) is 0 Å². The average Bonchev–Trinajstić information content (AvgIpc) is 2.61. The highest BCUT2D eigenvalue weighted by Gasteiger charge is 2.10. The molecule has 0 heterocycles. The lowest BCUT2D eigenvalue weighted by atomic mass is 10.2. The molecule has 0 aliphatic carbocycles. The van der Waals surface area contributed by atoms with Crippen molar-refractivity contribution in [3.8, 4) is 11.5 Å². The van der Waals surface area contributed by atoms with Gasteiger partial charge in [0.15, 0.2) is 17.5 Å². The molecule has 2 aromatic carbocycles. The zero-order valence-electron chi connectivity index (χ0n) is 14.8. The monoisotopic (exact) mass is 553 g/mol. The molecule has 0 atom stereocenters. The lowest BCUT2D eigenvalue weighted by Gasteiger charge is -2.15. The van der Waals surface area contributed by atoms with Gasteiger partial charge >= 0.3 is 0 Å². The van der Waals surface area contributed by atoms with E-state index in [1.807, 2.05) is 36.4 Å². The van der Waals surface area contributed by atoms with Crippen molar-refractivity contribution in [1.82, 2.24) is 10.6 Å². The summed E-state index contributed by atoms with van der Waals surface area (Å²) in [6.07, 6.45) is 0. The van der Waals surface area contributed by atoms with E-state index < -0.39 is 0 Å². The van der Waals surface area contributed by atoms with E-state index >= 15 is 0 Å². The number of hydrogen-bond donors (Lipinski definition) is 2. The maximum Gasteiger partial charge on any atom is 0.191 e. The zero-order chi connectivity index (χ0) is 18.2. The standard InChI is InChI=1S/C18H21BrClN3O2.HI/c1-21-18(22-10-12-5-4-6-14(20)7-12)23-11-13-8-15(19)17(25-3)16(9-13)24-2;/h4-9H,10-11H2,1-3H3,(H2,21,22,23);1H. The van der Waals surface area contributed by atoms with Gasteiger partial charge in [-0.05, 0) is 51.3 Å². The van der Waals surface area contributed by atoms with Crippen molar-refractivity contribution >= 4 is 57.5 Å². The number of rotatable bonds is 6. The van der Waals surface area contributed by atoms with Crippen molar-refractivity contribution in [2.24, 2.45) is 4.99 Å². The van der Waals surface area contributed by atoms with Crippen LogP contribution < -0.4 is 20.1 Å². The number of guanidine groups is 1. The maximum atomic E-state index is 6.00. The molecule has 0 spiro atoms. The predicted molar refractivity (Wildman–Crippen MR) is 121 cm³/mol. The van der Waals surface area contributed by atoms with E-state index in [9.17, 15) is 0 Å². The molecule has 0 fully saturated rings. The Morgan fingerprint density at radius 2 is 1.77 bits per heavy atom. The molecule has 2 aromatic rings. The number of nitrogens with zero attached hydrogens (tertiary/aromatic N) is 1. The summed E-state index contributed by atoms with van der Waals surface area (Å²) in [5, 5.41) is 7.26. The molecule has 26 heavy (non-hydrogen) atoms. The minimum Gasteiger partial charge on any atom is -0.493 e. The molecule has 0 saturated carbocycles. The number of ether oxygens (including phenoxy) is 2. The van der Waals surface area contributed by atoms with Crippen LogP contribution in [0.1, 0.15) is 11.1 Å². The van der Waals surface area contributed by atoms with Crippen molar-refractivity contribution in [1.29, 1.82) is 0 Å². The predicted octanol–water partition coefficient (Wildman–Crippen LogP) is 4.60. The Hall–Kier alpha value is -1.19. The number of halogens is 3. The molecule has 0 aromatic heterocycles. The van der Waals surface area contributed by atoms with Crippen LogP contribution in [0.5, 0.6) is 11.5 Å². The molecule has 0 unspecified atom stereocenters. The third kappa shape index (κ3) is 6.51. The molecule has 2 rings (SSSR count). The number of benzene rings is 2. The summed E-state index contributed by atoms with van der Waals surface area (Å²) >= 11 is 9.50. The van der Waals surface area contributed by atoms with Gasteiger partial charge in [-0.25, -0.2) is 0 Å². The van der Waals surface area contributed by atoms with Gasteiger partial charge in [0, 0.05) is 25.2 Å². The second kappa shape index (κ2) is 11.5. The van der Waals surface area contributed by atoms with E-state index in [1.165, 1.54) is 0 Å². The largest absolute Gasteiger partial charge is 0.493 e. The number of methoxy groups -OCH3 is 2. The van der Waals surface area contributed by atoms with E-state index in [1.54, 1.807) is 21.3 Å². The van der Waals surface area contributed by atoms with E-state index in [4.69, 9.17) is 21.1 Å². The lowest BCUT2D eigenvalue weighted by molar-refractivity contribution is 0.352. The first-order valence-electron chi connectivity index (χ1n) is 7.66. The highest BCUT2D eigenvalue weighted by atomic mass is 127. The van der Waals surface area contributed by atoms with E-state index in [0.29, 0.717) is 30.5 Å². The van der Waals surface area contributed by atoms with Gasteiger partial charge in [-0.2, -0.15) is 0 Å². The maximum absolute atomic E-state index is 6.00. The first-order chi connectivity index (χ1) is 12.1. The third-order valence-electron chi connectivity index (χ3n) is 3.53. The topological polar surface area (TPSA) is 54.9 Å². The van der Waals surface area contributed by atoms with Crippen LogP contribution >= 0.6 is 51.5 Å². The highest BCUT2D eigenvalue weighted by molar-refractivity contribution is 14.0. The van der Waals surface area contributed by atoms with Crippen LogP contribution in [0.3, 0.4) is 0 Å². The van der Waals surface area contributed by atoms with E-state index in [-0.39, 0.29) is 24.0 Å². The van der Waals surface area contributed by atoms with E-state index in [0.717, 1.165) is 20.6 Å². The SMILES string of the molecule is CN=C(NCc1cccc(Cl)c1)NCc1cc(Br)c(OC)c(OC)c1.I. The third-order valence-corrected chi connectivity index (χ3v) is 4.35. The van der Waals surface area contributed by atoms with Gasteiger partial charge in [0.2, 0.25) is 0 Å². The van der Waals surface area contributed by atoms with Crippen LogP contribution in [0.2, 0.25) is 5.02 Å². The van der Waals surface area contributed by atoms with Gasteiger partial charge < -0.3 is 20.1 Å². The molecular formula is C18H22BrClIN3O2. The van der Waals surface area contributed by atoms with Crippen LogP contribution in [-0.4, -0.2) is 27.2 Å². The Bertz CT molecular complexity index is 759. The first-order valence-corrected chi connectivity index (χ1v) is 8.83. The Kier molecular flexibility index (Phi) is 10.1. The van der Waals surface area contributed by atoms with Gasteiger partial charge in [-0.3, -0.25) is 4.99 Å². The second-order valence-corrected chi connectivity index (χ2v) is 6.51. The molecule has 8 heteroatoms. The summed E-state index contributed by atoms with van der Waals surface area (Å²) in [6.45, 7) is 1.23. The zero-order valence-corrected chi connectivity index (χ0v) is 19.5. The molecular weight excluding hydrogens is 532 g/mol. The molecule has 0 saturated heterocycles. The molecule has 5 nitrogen and oxygen atoms in total. The minimum absolute atomic E-state index is 0. The Morgan fingerprint density at radius 3 is 2.35 bits per heavy atom. The Morgan fingerprint density at radius 1 is 1.08 bits per heavy atom. The molecule has 0 aliphatic heterocycles. The lowest BCUT2D eigenvalue weighted by Crippen LogP contribution is -2.36. The Labute approximate surface area is 184 Å². The summed E-state index contributed by atoms with van der Waals surface area (Å²) in [7, 11) is 4.97. The number of hydrogen-bond acceptors (Lipinski definition) is 3. The van der Waals surface area contributed by atoms with Crippen LogP contribution in [0.4, 0.5) is 0 Å². The fraction of sp³-hybridized carbons (Fsp3) is 0.278. The van der Waals surface area contributed by atoms with Crippen LogP contribution in [0.25, 0.3) is 0 Å². The van der Waals surface area contributed by atoms with Crippen LogP contribution in [-0.2, 0) is 13.1 Å². The number of nitrogens with one attached hydrogen (secondary N) is 2. The summed E-state index contributed by atoms with van der Waals surface area (Å²) in [4.78, 5) is 4.23. The van der Waals surface area contributed by atoms with E-state index in [2.05, 4.69) is 31.6 Å². The normalized spacial score (nSPS) is 10.7. The quantitative estimate of drug-likeness (QED) is 0.311. The fourth-order valence-corrected chi connectivity index (χ4v) is 3.18. The summed E-state index contributed by atoms with van der Waals surface area (Å²) in [5.74, 6) is 2.05. The summed E-state index contributed by atoms with van der Waals surface area (Å²) in [5.41, 5.74) is 2.12. The minimum atomic E-state index is 0. The van der Waals surface area contributed by atoms with Gasteiger partial charge in [-0.1, -0.05) is 23.7 Å². The smallest absolute Gasteiger partial charge is 0.191 e. The summed E-state index contributed by atoms with van der Waals surface area (Å²) in [6, 6.07) is 11.6. The highest BCUT2D eigenvalue weighted by Crippen LogP contribution is 2.36. The van der Waals surface area contributed by atoms with Crippen molar-refractivity contribution < 1.29 is 9.47 Å². The average molecular weight is 555 g/mol. The molecule has 0 amide bonds. The second-order valence-electron chi connectivity index (χ2n) is 5.22. The molecule has 0 bridgehead atoms. The Balaban J connectivity index is 0.00000338. The molecule has 0 aliphatic rings. The van der Waals surface area contributed by atoms with Crippen molar-refractivity contribution in [3.63, 3.8) is 0 Å². The van der Waals surface area contributed by atoms with Gasteiger partial charge in [0.1, 0.15) is 0 Å². The fourth-order valence-electron chi connectivity index (χ4n) is 2.31. The van der Waals surface area contributed by atoms with Crippen molar-refractivity contribution in [2.45, 2.75) is 13.1 Å². The number of aliphatic imine (C=N–C) groups is 1. The van der Waals surface area contributed by atoms with Crippen LogP contribution in [0.15, 0.2) is 45.9 Å². The van der Waals surface area contributed by atoms with Gasteiger partial charge in [-0.15, -0.1) is 24.0 Å². The molecule has 0 radical (unpaired) electrons. The molecule has 2 N–H and O–H groups in total. The van der Waals surface area contributed by atoms with Crippen LogP contribution in [0, 0.1) is 0 Å². The molecule has 142 valence electrons.